The van der Waals surface area contributed by atoms with E-state index in [-0.39, 0.29) is 40.8 Å². The molecular weight excluding hydrogens is 640 g/mol. The van der Waals surface area contributed by atoms with Crippen LogP contribution in [0.25, 0.3) is 22.3 Å². The van der Waals surface area contributed by atoms with Gasteiger partial charge in [0.2, 0.25) is 10.9 Å². The van der Waals surface area contributed by atoms with Crippen LogP contribution in [0, 0.1) is 0 Å². The number of nitrogens with zero attached hydrogens (tertiary/aromatic N) is 5. The maximum absolute atomic E-state index is 13.0. The number of hydrogen-bond donors (Lipinski definition) is 5. The Hall–Kier alpha value is -4.51. The van der Waals surface area contributed by atoms with Crippen LogP contribution in [0.1, 0.15) is 23.0 Å². The maximum Gasteiger partial charge on any atom is 0.342 e. The highest BCUT2D eigenvalue weighted by Crippen LogP contribution is 2.36. The van der Waals surface area contributed by atoms with Gasteiger partial charge in [0.15, 0.2) is 17.7 Å². The van der Waals surface area contributed by atoms with Crippen LogP contribution in [0.5, 0.6) is 0 Å². The minimum absolute atomic E-state index is 0.0219. The summed E-state index contributed by atoms with van der Waals surface area (Å²) in [6.07, 6.45) is -4.23. The first kappa shape index (κ1) is 31.5. The molecule has 0 saturated carbocycles. The van der Waals surface area contributed by atoms with Gasteiger partial charge in [-0.2, -0.15) is 9.97 Å². The molecule has 1 aliphatic heterocycles. The third-order valence-electron chi connectivity index (χ3n) is 7.80. The number of aromatic nitrogens is 5. The molecule has 0 amide bonds. The number of carbonyl (C=O) groups is 2. The van der Waals surface area contributed by atoms with Gasteiger partial charge in [-0.15, -0.1) is 11.3 Å². The number of benzene rings is 2. The van der Waals surface area contributed by atoms with Crippen LogP contribution in [0.4, 0.5) is 5.82 Å². The van der Waals surface area contributed by atoms with Gasteiger partial charge in [-0.1, -0.05) is 48.5 Å². The number of aliphatic hydroxyl groups is 2. The van der Waals surface area contributed by atoms with Crippen LogP contribution in [-0.2, 0) is 37.5 Å². The highest BCUT2D eigenvalue weighted by molar-refractivity contribution is 7.07. The number of aliphatic carboxylic acids is 2. The van der Waals surface area contributed by atoms with Gasteiger partial charge in [0.05, 0.1) is 30.6 Å². The van der Waals surface area contributed by atoms with Crippen LogP contribution >= 0.6 is 22.9 Å². The molecular formula is C30H27ClN6O8S. The molecule has 1 fully saturated rings. The van der Waals surface area contributed by atoms with E-state index in [0.29, 0.717) is 11.1 Å². The molecule has 6 N–H and O–H groups in total. The fraction of sp³-hybridized carbons (Fsp3) is 0.267. The summed E-state index contributed by atoms with van der Waals surface area (Å²) in [7, 11) is 0. The smallest absolute Gasteiger partial charge is 0.342 e. The number of fused-ring (bicyclic) bond motifs is 1. The van der Waals surface area contributed by atoms with Crippen molar-refractivity contribution in [1.29, 1.82) is 0 Å². The van der Waals surface area contributed by atoms with Gasteiger partial charge in [0, 0.05) is 11.8 Å². The number of aliphatic hydroxyl groups excluding tert-OH is 2. The van der Waals surface area contributed by atoms with Gasteiger partial charge in [-0.05, 0) is 33.9 Å². The number of thiazole rings is 1. The van der Waals surface area contributed by atoms with E-state index in [4.69, 9.17) is 26.8 Å². The molecule has 1 aliphatic rings. The van der Waals surface area contributed by atoms with Crippen molar-refractivity contribution in [2.45, 2.75) is 43.0 Å². The Labute approximate surface area is 269 Å². The van der Waals surface area contributed by atoms with Gasteiger partial charge in [0.25, 0.3) is 0 Å². The number of rotatable bonds is 11. The molecule has 1 saturated heterocycles. The van der Waals surface area contributed by atoms with Crippen molar-refractivity contribution < 1.29 is 39.5 Å². The predicted octanol–water partition coefficient (Wildman–Crippen LogP) is 2.67. The molecule has 5 aromatic rings. The Morgan fingerprint density at radius 3 is 2.52 bits per heavy atom. The molecule has 16 heteroatoms. The van der Waals surface area contributed by atoms with Crippen molar-refractivity contribution in [1.82, 2.24) is 24.5 Å². The van der Waals surface area contributed by atoms with E-state index in [0.717, 1.165) is 11.1 Å². The number of nitrogens with two attached hydrogens (primary N) is 1. The number of hydrogen-bond acceptors (Lipinski definition) is 12. The highest BCUT2D eigenvalue weighted by atomic mass is 35.5. The number of carboxylic acid groups (broad SMARTS) is 2. The fourth-order valence-electron chi connectivity index (χ4n) is 5.50. The summed E-state index contributed by atoms with van der Waals surface area (Å²) < 4.78 is 13.4. The van der Waals surface area contributed by atoms with Gasteiger partial charge in [0.1, 0.15) is 23.8 Å². The number of carboxylic acids is 2. The normalized spacial score (nSPS) is 20.9. The lowest BCUT2D eigenvalue weighted by Crippen LogP contribution is -2.44. The number of anilines is 1. The molecule has 3 aromatic heterocycles. The first-order chi connectivity index (χ1) is 22.1. The molecule has 5 atom stereocenters. The maximum atomic E-state index is 13.0. The van der Waals surface area contributed by atoms with E-state index < -0.39 is 48.7 Å². The van der Waals surface area contributed by atoms with Crippen LogP contribution in [-0.4, -0.2) is 81.8 Å². The molecule has 6 rings (SSSR count). The lowest BCUT2D eigenvalue weighted by molar-refractivity contribution is -0.177. The lowest BCUT2D eigenvalue weighted by atomic mass is 9.90. The zero-order chi connectivity index (χ0) is 32.6. The molecule has 0 spiro atoms. The first-order valence-electron chi connectivity index (χ1n) is 13.9. The molecule has 2 aromatic carbocycles. The van der Waals surface area contributed by atoms with E-state index in [1.54, 1.807) is 41.8 Å². The molecule has 238 valence electrons. The molecule has 0 bridgehead atoms. The van der Waals surface area contributed by atoms with E-state index in [9.17, 15) is 30.0 Å². The van der Waals surface area contributed by atoms with Crippen molar-refractivity contribution in [3.8, 4) is 11.1 Å². The summed E-state index contributed by atoms with van der Waals surface area (Å²) in [4.78, 5) is 40.7. The van der Waals surface area contributed by atoms with Gasteiger partial charge in [-0.25, -0.2) is 14.8 Å². The summed E-state index contributed by atoms with van der Waals surface area (Å²) in [6, 6.07) is 14.2. The van der Waals surface area contributed by atoms with Crippen molar-refractivity contribution >= 4 is 51.9 Å². The van der Waals surface area contributed by atoms with Gasteiger partial charge < -0.3 is 35.6 Å². The largest absolute Gasteiger partial charge is 0.481 e. The fourth-order valence-corrected chi connectivity index (χ4v) is 6.29. The SMILES string of the molecule is Nc1nc(Cl)nc2c1ncn2[C@@H]1O[C@H](CO[C@](Cc2ccc(-c3ccccc3CC(=O)O)cc2)(C(=O)O)c2cscn2)[C@@H](O)[C@H]1O. The summed E-state index contributed by atoms with van der Waals surface area (Å²) in [5, 5.41) is 43.1. The highest BCUT2D eigenvalue weighted by Gasteiger charge is 2.49. The zero-order valence-electron chi connectivity index (χ0n) is 23.8. The van der Waals surface area contributed by atoms with E-state index >= 15 is 0 Å². The zero-order valence-corrected chi connectivity index (χ0v) is 25.4. The van der Waals surface area contributed by atoms with E-state index in [1.165, 1.54) is 27.7 Å². The number of nitrogen functional groups attached to an aromatic ring is 1. The minimum Gasteiger partial charge on any atom is -0.481 e. The number of imidazole rings is 1. The standard InChI is InChI=1S/C30H27ClN6O8S/c31-29-35-25(32)22-26(36-29)37(13-33-22)27-24(41)23(40)19(45-27)11-44-30(28(42)43,20-12-46-14-34-20)10-15-5-7-16(8-6-15)18-4-2-1-3-17(18)9-21(38)39/h1-8,12-14,19,23-24,27,40-41H,9-11H2,(H,38,39)(H,42,43)(H2,32,35,36)/t19-,23-,24-,27-,30+/m1/s1. The lowest BCUT2D eigenvalue weighted by Gasteiger charge is -2.30. The second kappa shape index (κ2) is 12.7. The monoisotopic (exact) mass is 666 g/mol. The van der Waals surface area contributed by atoms with E-state index in [2.05, 4.69) is 19.9 Å². The van der Waals surface area contributed by atoms with Crippen LogP contribution < -0.4 is 5.73 Å². The van der Waals surface area contributed by atoms with Crippen molar-refractivity contribution in [2.24, 2.45) is 0 Å². The topological polar surface area (TPSA) is 216 Å². The second-order valence-electron chi connectivity index (χ2n) is 10.7. The first-order valence-corrected chi connectivity index (χ1v) is 15.2. The molecule has 0 unspecified atom stereocenters. The van der Waals surface area contributed by atoms with Crippen LogP contribution in [0.2, 0.25) is 5.28 Å². The summed E-state index contributed by atoms with van der Waals surface area (Å²) in [6.45, 7) is -0.427. The third-order valence-corrected chi connectivity index (χ3v) is 8.55. The molecule has 46 heavy (non-hydrogen) atoms. The van der Waals surface area contributed by atoms with Crippen molar-refractivity contribution in [2.75, 3.05) is 12.3 Å². The summed E-state index contributed by atoms with van der Waals surface area (Å²) in [5.74, 6) is -2.25. The van der Waals surface area contributed by atoms with Crippen LogP contribution in [0.15, 0.2) is 65.7 Å². The van der Waals surface area contributed by atoms with Crippen molar-refractivity contribution in [3.63, 3.8) is 0 Å². The minimum atomic E-state index is -1.98. The number of ether oxygens (including phenoxy) is 2. The van der Waals surface area contributed by atoms with Crippen molar-refractivity contribution in [3.05, 3.63) is 87.9 Å². The molecule has 4 heterocycles. The van der Waals surface area contributed by atoms with Gasteiger partial charge in [-0.3, -0.25) is 9.36 Å². The van der Waals surface area contributed by atoms with E-state index in [1.807, 2.05) is 12.1 Å². The third kappa shape index (κ3) is 5.91. The Balaban J connectivity index is 1.25. The average Bonchev–Trinajstić information content (AvgIpc) is 3.77. The molecule has 14 nitrogen and oxygen atoms in total. The second-order valence-corrected chi connectivity index (χ2v) is 11.7. The Bertz CT molecular complexity index is 1890. The average molecular weight is 667 g/mol. The Morgan fingerprint density at radius 1 is 1.07 bits per heavy atom. The molecule has 0 radical (unpaired) electrons. The number of halogens is 1. The quantitative estimate of drug-likeness (QED) is 0.128. The summed E-state index contributed by atoms with van der Waals surface area (Å²) in [5.41, 5.74) is 8.69. The Kier molecular flexibility index (Phi) is 8.69. The summed E-state index contributed by atoms with van der Waals surface area (Å²) >= 11 is 7.16. The molecule has 0 aliphatic carbocycles. The Morgan fingerprint density at radius 2 is 1.83 bits per heavy atom. The van der Waals surface area contributed by atoms with Gasteiger partial charge >= 0.3 is 11.9 Å². The predicted molar refractivity (Wildman–Crippen MR) is 165 cm³/mol. The van der Waals surface area contributed by atoms with Crippen LogP contribution in [0.3, 0.4) is 0 Å².